The topological polar surface area (TPSA) is 20.2 Å². The maximum Gasteiger partial charge on any atom is 0.118 e. The highest BCUT2D eigenvalue weighted by Crippen LogP contribution is 2.63. The van der Waals surface area contributed by atoms with Crippen molar-refractivity contribution in [3.8, 4) is 0 Å². The van der Waals surface area contributed by atoms with Gasteiger partial charge >= 0.3 is 0 Å². The van der Waals surface area contributed by atoms with Crippen LogP contribution < -0.4 is 0 Å². The molecule has 16 heavy (non-hydrogen) atoms. The molecule has 0 aromatic heterocycles. The maximum atomic E-state index is 9.90. The van der Waals surface area contributed by atoms with Crippen LogP contribution in [-0.4, -0.2) is 5.11 Å². The molecule has 1 nitrogen and oxygen atoms in total. The van der Waals surface area contributed by atoms with Gasteiger partial charge in [-0.1, -0.05) is 29.7 Å². The summed E-state index contributed by atoms with van der Waals surface area (Å²) in [5, 5.41) is 9.90. The van der Waals surface area contributed by atoms with Crippen LogP contribution in [0.4, 0.5) is 0 Å². The Morgan fingerprint density at radius 3 is 2.62 bits per heavy atom. The normalized spacial score (nSPS) is 36.6. The molecule has 0 fully saturated rings. The highest BCUT2D eigenvalue weighted by atomic mass is 16.3. The van der Waals surface area contributed by atoms with Crippen LogP contribution in [0.3, 0.4) is 0 Å². The molecule has 84 valence electrons. The molecule has 3 rings (SSSR count). The molecule has 3 aliphatic rings. The zero-order valence-corrected chi connectivity index (χ0v) is 10.4. The molecule has 2 bridgehead atoms. The fourth-order valence-electron chi connectivity index (χ4n) is 3.74. The van der Waals surface area contributed by atoms with Gasteiger partial charge in [0.1, 0.15) is 5.76 Å². The second-order valence-electron chi connectivity index (χ2n) is 5.45. The van der Waals surface area contributed by atoms with Crippen LogP contribution in [-0.2, 0) is 0 Å². The number of rotatable bonds is 0. The summed E-state index contributed by atoms with van der Waals surface area (Å²) >= 11 is 0. The van der Waals surface area contributed by atoms with E-state index in [1.807, 2.05) is 6.08 Å². The monoisotopic (exact) mass is 214 g/mol. The van der Waals surface area contributed by atoms with Gasteiger partial charge in [-0.25, -0.2) is 0 Å². The number of aliphatic hydroxyl groups is 1. The van der Waals surface area contributed by atoms with Crippen molar-refractivity contribution in [1.29, 1.82) is 0 Å². The third-order valence-corrected chi connectivity index (χ3v) is 4.98. The minimum Gasteiger partial charge on any atom is -0.508 e. The minimum absolute atomic E-state index is 0.130. The molecule has 0 amide bonds. The van der Waals surface area contributed by atoms with Gasteiger partial charge < -0.3 is 5.11 Å². The van der Waals surface area contributed by atoms with Gasteiger partial charge in [0.05, 0.1) is 0 Å². The van der Waals surface area contributed by atoms with Gasteiger partial charge in [0.25, 0.3) is 0 Å². The van der Waals surface area contributed by atoms with Crippen molar-refractivity contribution in [3.05, 3.63) is 45.8 Å². The Hall–Kier alpha value is -1.24. The fourth-order valence-corrected chi connectivity index (χ4v) is 3.74. The average molecular weight is 214 g/mol. The quantitative estimate of drug-likeness (QED) is 0.603. The second kappa shape index (κ2) is 2.71. The van der Waals surface area contributed by atoms with Crippen molar-refractivity contribution >= 4 is 0 Å². The SMILES string of the molecule is CC1=CC(O)=C2C=C3C(C)C(C)=C(C)C13C2. The van der Waals surface area contributed by atoms with Crippen molar-refractivity contribution in [2.75, 3.05) is 0 Å². The lowest BCUT2D eigenvalue weighted by atomic mass is 9.70. The van der Waals surface area contributed by atoms with E-state index in [9.17, 15) is 5.11 Å². The molecule has 0 aliphatic heterocycles. The van der Waals surface area contributed by atoms with E-state index in [-0.39, 0.29) is 5.41 Å². The summed E-state index contributed by atoms with van der Waals surface area (Å²) < 4.78 is 0. The Labute approximate surface area is 96.9 Å². The Morgan fingerprint density at radius 2 is 1.94 bits per heavy atom. The summed E-state index contributed by atoms with van der Waals surface area (Å²) in [6, 6.07) is 0. The standard InChI is InChI=1S/C15H18O/c1-8-5-14(16)12-6-13-10(3)9(2)11(4)15(8,13)7-12/h5-6,10,16H,7H2,1-4H3. The molecule has 0 aromatic rings. The number of allylic oxidation sites excluding steroid dienone is 7. The Morgan fingerprint density at radius 1 is 1.25 bits per heavy atom. The minimum atomic E-state index is 0.130. The Balaban J connectivity index is 2.30. The first-order valence-electron chi connectivity index (χ1n) is 5.99. The third-order valence-electron chi connectivity index (χ3n) is 4.98. The van der Waals surface area contributed by atoms with Crippen LogP contribution in [0.15, 0.2) is 45.8 Å². The molecule has 2 unspecified atom stereocenters. The van der Waals surface area contributed by atoms with Crippen LogP contribution in [0.2, 0.25) is 0 Å². The Bertz CT molecular complexity index is 514. The zero-order valence-electron chi connectivity index (χ0n) is 10.4. The summed E-state index contributed by atoms with van der Waals surface area (Å²) in [6.45, 7) is 8.94. The maximum absolute atomic E-state index is 9.90. The summed E-state index contributed by atoms with van der Waals surface area (Å²) in [5.41, 5.74) is 7.07. The molecular weight excluding hydrogens is 196 g/mol. The first-order chi connectivity index (χ1) is 7.48. The Kier molecular flexibility index (Phi) is 1.68. The molecule has 0 saturated carbocycles. The van der Waals surface area contributed by atoms with Crippen LogP contribution in [0, 0.1) is 11.3 Å². The molecule has 0 radical (unpaired) electrons. The average Bonchev–Trinajstić information content (AvgIpc) is 2.69. The summed E-state index contributed by atoms with van der Waals surface area (Å²) in [7, 11) is 0. The van der Waals surface area contributed by atoms with Gasteiger partial charge in [0.15, 0.2) is 0 Å². The van der Waals surface area contributed by atoms with Crippen molar-refractivity contribution in [2.24, 2.45) is 11.3 Å². The zero-order chi connectivity index (χ0) is 11.7. The first-order valence-corrected chi connectivity index (χ1v) is 5.99. The van der Waals surface area contributed by atoms with Gasteiger partial charge in [0, 0.05) is 5.41 Å². The van der Waals surface area contributed by atoms with Crippen molar-refractivity contribution in [3.63, 3.8) is 0 Å². The second-order valence-corrected chi connectivity index (χ2v) is 5.45. The van der Waals surface area contributed by atoms with E-state index in [0.29, 0.717) is 11.7 Å². The van der Waals surface area contributed by atoms with Crippen LogP contribution in [0.25, 0.3) is 0 Å². The largest absolute Gasteiger partial charge is 0.508 e. The molecule has 1 heteroatoms. The van der Waals surface area contributed by atoms with Gasteiger partial charge in [-0.05, 0) is 50.3 Å². The number of fused-ring (bicyclic) bond motifs is 1. The number of hydrogen-bond acceptors (Lipinski definition) is 1. The number of aliphatic hydroxyl groups excluding tert-OH is 1. The van der Waals surface area contributed by atoms with Crippen LogP contribution >= 0.6 is 0 Å². The summed E-state index contributed by atoms with van der Waals surface area (Å²) in [5.74, 6) is 1.01. The smallest absolute Gasteiger partial charge is 0.118 e. The molecular formula is C15H18O. The van der Waals surface area contributed by atoms with E-state index in [4.69, 9.17) is 0 Å². The third kappa shape index (κ3) is 0.843. The molecule has 2 atom stereocenters. The lowest BCUT2D eigenvalue weighted by Gasteiger charge is -2.33. The van der Waals surface area contributed by atoms with E-state index >= 15 is 0 Å². The number of hydrogen-bond donors (Lipinski definition) is 1. The van der Waals surface area contributed by atoms with Crippen molar-refractivity contribution in [1.82, 2.24) is 0 Å². The predicted molar refractivity (Wildman–Crippen MR) is 66.1 cm³/mol. The fraction of sp³-hybridized carbons (Fsp3) is 0.467. The molecule has 0 heterocycles. The van der Waals surface area contributed by atoms with Crippen LogP contribution in [0.5, 0.6) is 0 Å². The highest BCUT2D eigenvalue weighted by molar-refractivity contribution is 5.62. The molecule has 3 aliphatic carbocycles. The molecule has 1 N–H and O–H groups in total. The van der Waals surface area contributed by atoms with Crippen molar-refractivity contribution < 1.29 is 5.11 Å². The van der Waals surface area contributed by atoms with Gasteiger partial charge in [-0.15, -0.1) is 0 Å². The van der Waals surface area contributed by atoms with Crippen LogP contribution in [0.1, 0.15) is 34.1 Å². The van der Waals surface area contributed by atoms with Crippen molar-refractivity contribution in [2.45, 2.75) is 34.1 Å². The van der Waals surface area contributed by atoms with E-state index < -0.39 is 0 Å². The summed E-state index contributed by atoms with van der Waals surface area (Å²) in [6.07, 6.45) is 5.16. The van der Waals surface area contributed by atoms with E-state index in [1.54, 1.807) is 0 Å². The first kappa shape index (κ1) is 9.95. The molecule has 1 spiro atoms. The molecule has 0 saturated heterocycles. The van der Waals surface area contributed by atoms with E-state index in [2.05, 4.69) is 33.8 Å². The van der Waals surface area contributed by atoms with Gasteiger partial charge in [0.2, 0.25) is 0 Å². The van der Waals surface area contributed by atoms with E-state index in [1.165, 1.54) is 22.3 Å². The van der Waals surface area contributed by atoms with Gasteiger partial charge in [-0.2, -0.15) is 0 Å². The predicted octanol–water partition coefficient (Wildman–Crippen LogP) is 4.06. The lowest BCUT2D eigenvalue weighted by molar-refractivity contribution is 0.405. The lowest BCUT2D eigenvalue weighted by Crippen LogP contribution is -2.23. The van der Waals surface area contributed by atoms with E-state index in [0.717, 1.165) is 12.0 Å². The molecule has 0 aromatic carbocycles. The van der Waals surface area contributed by atoms with Gasteiger partial charge in [-0.3, -0.25) is 0 Å². The summed E-state index contributed by atoms with van der Waals surface area (Å²) in [4.78, 5) is 0. The highest BCUT2D eigenvalue weighted by Gasteiger charge is 2.51.